The topological polar surface area (TPSA) is 92.5 Å². The molecule has 3 rings (SSSR count). The van der Waals surface area contributed by atoms with Crippen molar-refractivity contribution >= 4 is 17.7 Å². The van der Waals surface area contributed by atoms with Crippen molar-refractivity contribution in [1.29, 1.82) is 0 Å². The molecule has 2 unspecified atom stereocenters. The SMILES string of the molecule is NC(=O)C1CCCN(C(=O)CC(NC(=O)c2ccccc2)c2ccccc2)C1. The molecule has 3 amide bonds. The van der Waals surface area contributed by atoms with Crippen LogP contribution in [0, 0.1) is 5.92 Å². The molecule has 2 aromatic carbocycles. The first-order valence-corrected chi connectivity index (χ1v) is 9.52. The van der Waals surface area contributed by atoms with Crippen LogP contribution in [0.4, 0.5) is 0 Å². The Morgan fingerprint density at radius 2 is 1.68 bits per heavy atom. The Kier molecular flexibility index (Phi) is 6.42. The van der Waals surface area contributed by atoms with Gasteiger partial charge in [0.25, 0.3) is 5.91 Å². The molecule has 2 atom stereocenters. The third-order valence-corrected chi connectivity index (χ3v) is 5.10. The highest BCUT2D eigenvalue weighted by Gasteiger charge is 2.29. The normalized spacial score (nSPS) is 17.6. The van der Waals surface area contributed by atoms with E-state index in [-0.39, 0.29) is 30.1 Å². The highest BCUT2D eigenvalue weighted by Crippen LogP contribution is 2.22. The Labute approximate surface area is 164 Å². The van der Waals surface area contributed by atoms with Gasteiger partial charge in [-0.25, -0.2) is 0 Å². The molecular weight excluding hydrogens is 354 g/mol. The molecule has 6 nitrogen and oxygen atoms in total. The zero-order valence-electron chi connectivity index (χ0n) is 15.7. The van der Waals surface area contributed by atoms with E-state index in [1.165, 1.54) is 0 Å². The third kappa shape index (κ3) is 4.97. The van der Waals surface area contributed by atoms with Crippen LogP contribution < -0.4 is 11.1 Å². The van der Waals surface area contributed by atoms with Crippen LogP contribution in [-0.4, -0.2) is 35.7 Å². The Morgan fingerprint density at radius 1 is 1.04 bits per heavy atom. The number of nitrogens with two attached hydrogens (primary N) is 1. The predicted octanol–water partition coefficient (Wildman–Crippen LogP) is 2.27. The predicted molar refractivity (Wildman–Crippen MR) is 106 cm³/mol. The van der Waals surface area contributed by atoms with Crippen LogP contribution in [0.25, 0.3) is 0 Å². The van der Waals surface area contributed by atoms with E-state index in [4.69, 9.17) is 5.73 Å². The number of nitrogens with zero attached hydrogens (tertiary/aromatic N) is 1. The van der Waals surface area contributed by atoms with Gasteiger partial charge in [-0.3, -0.25) is 14.4 Å². The quantitative estimate of drug-likeness (QED) is 0.806. The number of nitrogens with one attached hydrogen (secondary N) is 1. The van der Waals surface area contributed by atoms with Gasteiger partial charge in [0.15, 0.2) is 0 Å². The van der Waals surface area contributed by atoms with Gasteiger partial charge in [-0.15, -0.1) is 0 Å². The minimum Gasteiger partial charge on any atom is -0.369 e. The highest BCUT2D eigenvalue weighted by atomic mass is 16.2. The van der Waals surface area contributed by atoms with Gasteiger partial charge in [0.1, 0.15) is 0 Å². The lowest BCUT2D eigenvalue weighted by Crippen LogP contribution is -2.45. The number of primary amides is 1. The Bertz CT molecular complexity index is 823. The maximum Gasteiger partial charge on any atom is 0.251 e. The smallest absolute Gasteiger partial charge is 0.251 e. The molecule has 1 heterocycles. The number of hydrogen-bond donors (Lipinski definition) is 2. The minimum atomic E-state index is -0.449. The number of benzene rings is 2. The number of hydrogen-bond acceptors (Lipinski definition) is 3. The molecule has 0 spiro atoms. The van der Waals surface area contributed by atoms with E-state index in [0.29, 0.717) is 25.1 Å². The largest absolute Gasteiger partial charge is 0.369 e. The van der Waals surface area contributed by atoms with E-state index in [1.54, 1.807) is 29.2 Å². The number of carbonyl (C=O) groups excluding carboxylic acids is 3. The van der Waals surface area contributed by atoms with Crippen LogP contribution in [0.2, 0.25) is 0 Å². The molecule has 0 aliphatic carbocycles. The summed E-state index contributed by atoms with van der Waals surface area (Å²) in [4.78, 5) is 38.7. The Hall–Kier alpha value is -3.15. The van der Waals surface area contributed by atoms with E-state index in [0.717, 1.165) is 12.0 Å². The molecule has 28 heavy (non-hydrogen) atoms. The Morgan fingerprint density at radius 3 is 2.32 bits per heavy atom. The summed E-state index contributed by atoms with van der Waals surface area (Å²) in [5.41, 5.74) is 6.83. The van der Waals surface area contributed by atoms with Crippen molar-refractivity contribution in [3.8, 4) is 0 Å². The van der Waals surface area contributed by atoms with Crippen molar-refractivity contribution in [2.75, 3.05) is 13.1 Å². The first-order valence-electron chi connectivity index (χ1n) is 9.52. The molecule has 0 saturated carbocycles. The van der Waals surface area contributed by atoms with E-state index in [9.17, 15) is 14.4 Å². The van der Waals surface area contributed by atoms with Gasteiger partial charge in [0, 0.05) is 18.7 Å². The number of amides is 3. The zero-order valence-corrected chi connectivity index (χ0v) is 15.7. The van der Waals surface area contributed by atoms with Gasteiger partial charge in [0.2, 0.25) is 11.8 Å². The Balaban J connectivity index is 1.73. The monoisotopic (exact) mass is 379 g/mol. The summed E-state index contributed by atoms with van der Waals surface area (Å²) in [7, 11) is 0. The van der Waals surface area contributed by atoms with Gasteiger partial charge < -0.3 is 16.0 Å². The molecule has 1 fully saturated rings. The zero-order chi connectivity index (χ0) is 19.9. The van der Waals surface area contributed by atoms with Crippen molar-refractivity contribution in [1.82, 2.24) is 10.2 Å². The molecular formula is C22H25N3O3. The lowest BCUT2D eigenvalue weighted by atomic mass is 9.96. The summed E-state index contributed by atoms with van der Waals surface area (Å²) in [6.45, 7) is 0.957. The first kappa shape index (κ1) is 19.6. The molecule has 3 N–H and O–H groups in total. The second-order valence-corrected chi connectivity index (χ2v) is 7.09. The van der Waals surface area contributed by atoms with Crippen LogP contribution in [0.15, 0.2) is 60.7 Å². The lowest BCUT2D eigenvalue weighted by Gasteiger charge is -2.32. The maximum atomic E-state index is 12.9. The van der Waals surface area contributed by atoms with Crippen molar-refractivity contribution < 1.29 is 14.4 Å². The van der Waals surface area contributed by atoms with Gasteiger partial charge in [-0.1, -0.05) is 48.5 Å². The van der Waals surface area contributed by atoms with Crippen molar-refractivity contribution in [3.63, 3.8) is 0 Å². The fraction of sp³-hybridized carbons (Fsp3) is 0.318. The molecule has 146 valence electrons. The molecule has 2 aromatic rings. The lowest BCUT2D eigenvalue weighted by molar-refractivity contribution is -0.135. The van der Waals surface area contributed by atoms with E-state index >= 15 is 0 Å². The van der Waals surface area contributed by atoms with Gasteiger partial charge in [-0.05, 0) is 30.5 Å². The van der Waals surface area contributed by atoms with E-state index < -0.39 is 6.04 Å². The van der Waals surface area contributed by atoms with Gasteiger partial charge in [-0.2, -0.15) is 0 Å². The summed E-state index contributed by atoms with van der Waals surface area (Å²) in [6.07, 6.45) is 1.60. The molecule has 1 aliphatic heterocycles. The average Bonchev–Trinajstić information content (AvgIpc) is 2.74. The standard InChI is InChI=1S/C22H25N3O3/c23-21(27)18-12-7-13-25(15-18)20(26)14-19(16-8-3-1-4-9-16)24-22(28)17-10-5-2-6-11-17/h1-6,8-11,18-19H,7,12-15H2,(H2,23,27)(H,24,28). The second kappa shape index (κ2) is 9.17. The van der Waals surface area contributed by atoms with Gasteiger partial charge in [0.05, 0.1) is 18.4 Å². The maximum absolute atomic E-state index is 12.9. The van der Waals surface area contributed by atoms with Crippen LogP contribution in [0.5, 0.6) is 0 Å². The van der Waals surface area contributed by atoms with Crippen molar-refractivity contribution in [2.45, 2.75) is 25.3 Å². The fourth-order valence-corrected chi connectivity index (χ4v) is 3.51. The summed E-state index contributed by atoms with van der Waals surface area (Å²) < 4.78 is 0. The summed E-state index contributed by atoms with van der Waals surface area (Å²) in [5, 5.41) is 2.98. The van der Waals surface area contributed by atoms with Crippen LogP contribution in [0.3, 0.4) is 0 Å². The summed E-state index contributed by atoms with van der Waals surface area (Å²) in [6, 6.07) is 17.9. The molecule has 0 bridgehead atoms. The van der Waals surface area contributed by atoms with Gasteiger partial charge >= 0.3 is 0 Å². The summed E-state index contributed by atoms with van der Waals surface area (Å²) in [5.74, 6) is -0.981. The number of carbonyl (C=O) groups is 3. The fourth-order valence-electron chi connectivity index (χ4n) is 3.51. The molecule has 0 aromatic heterocycles. The average molecular weight is 379 g/mol. The number of rotatable bonds is 6. The summed E-state index contributed by atoms with van der Waals surface area (Å²) >= 11 is 0. The van der Waals surface area contributed by atoms with Crippen LogP contribution in [0.1, 0.15) is 41.2 Å². The van der Waals surface area contributed by atoms with Crippen LogP contribution >= 0.6 is 0 Å². The minimum absolute atomic E-state index is 0.0897. The van der Waals surface area contributed by atoms with Crippen molar-refractivity contribution in [2.24, 2.45) is 11.7 Å². The van der Waals surface area contributed by atoms with Crippen LogP contribution in [-0.2, 0) is 9.59 Å². The van der Waals surface area contributed by atoms with E-state index in [2.05, 4.69) is 5.32 Å². The highest BCUT2D eigenvalue weighted by molar-refractivity contribution is 5.94. The van der Waals surface area contributed by atoms with E-state index in [1.807, 2.05) is 36.4 Å². The number of likely N-dealkylation sites (tertiary alicyclic amines) is 1. The molecule has 1 aliphatic rings. The van der Waals surface area contributed by atoms with Crippen molar-refractivity contribution in [3.05, 3.63) is 71.8 Å². The number of piperidine rings is 1. The first-order chi connectivity index (χ1) is 13.5. The molecule has 1 saturated heterocycles. The second-order valence-electron chi connectivity index (χ2n) is 7.09. The molecule has 0 radical (unpaired) electrons. The molecule has 6 heteroatoms. The third-order valence-electron chi connectivity index (χ3n) is 5.10.